The van der Waals surface area contributed by atoms with E-state index in [1.165, 1.54) is 25.2 Å². The van der Waals surface area contributed by atoms with Crippen LogP contribution in [0.2, 0.25) is 0 Å². The van der Waals surface area contributed by atoms with Gasteiger partial charge in [0.25, 0.3) is 0 Å². The fourth-order valence-electron chi connectivity index (χ4n) is 1.67. The summed E-state index contributed by atoms with van der Waals surface area (Å²) in [5.41, 5.74) is -0.0955. The molecule has 0 aliphatic heterocycles. The van der Waals surface area contributed by atoms with Crippen molar-refractivity contribution >= 4 is 5.69 Å². The highest BCUT2D eigenvalue weighted by Gasteiger charge is 2.34. The number of aryl methyl sites for hydroxylation is 1. The van der Waals surface area contributed by atoms with E-state index in [0.717, 1.165) is 10.7 Å². The zero-order valence-electron chi connectivity index (χ0n) is 10.0. The van der Waals surface area contributed by atoms with E-state index in [9.17, 15) is 17.6 Å². The summed E-state index contributed by atoms with van der Waals surface area (Å²) < 4.78 is 51.3. The number of rotatable bonds is 3. The van der Waals surface area contributed by atoms with E-state index >= 15 is 0 Å². The Morgan fingerprint density at radius 1 is 1.26 bits per heavy atom. The Morgan fingerprint density at radius 3 is 2.58 bits per heavy atom. The van der Waals surface area contributed by atoms with Gasteiger partial charge in [-0.1, -0.05) is 6.07 Å². The summed E-state index contributed by atoms with van der Waals surface area (Å²) in [6.07, 6.45) is -4.43. The Balaban J connectivity index is 2.09. The molecule has 0 amide bonds. The Hall–Kier alpha value is -2.05. The van der Waals surface area contributed by atoms with E-state index in [0.29, 0.717) is 5.69 Å². The second kappa shape index (κ2) is 4.91. The van der Waals surface area contributed by atoms with E-state index < -0.39 is 17.7 Å². The maximum atomic E-state index is 12.9. The zero-order chi connectivity index (χ0) is 14.0. The molecule has 102 valence electrons. The summed E-state index contributed by atoms with van der Waals surface area (Å²) in [5, 5.41) is 6.57. The van der Waals surface area contributed by atoms with Crippen molar-refractivity contribution in [3.63, 3.8) is 0 Å². The van der Waals surface area contributed by atoms with E-state index in [1.54, 1.807) is 6.07 Å². The summed E-state index contributed by atoms with van der Waals surface area (Å²) in [6.45, 7) is 0.0906. The second-order valence-corrected chi connectivity index (χ2v) is 4.01. The highest BCUT2D eigenvalue weighted by Crippen LogP contribution is 2.29. The predicted molar refractivity (Wildman–Crippen MR) is 61.9 cm³/mol. The summed E-state index contributed by atoms with van der Waals surface area (Å²) in [4.78, 5) is 0. The molecule has 0 aliphatic carbocycles. The van der Waals surface area contributed by atoms with Gasteiger partial charge in [-0.3, -0.25) is 4.68 Å². The van der Waals surface area contributed by atoms with Crippen LogP contribution in [0.3, 0.4) is 0 Å². The summed E-state index contributed by atoms with van der Waals surface area (Å²) in [6, 6.07) is 6.64. The average molecular weight is 273 g/mol. The second-order valence-electron chi connectivity index (χ2n) is 4.01. The van der Waals surface area contributed by atoms with Gasteiger partial charge in [-0.05, 0) is 24.3 Å². The third kappa shape index (κ3) is 3.24. The van der Waals surface area contributed by atoms with Crippen molar-refractivity contribution in [1.29, 1.82) is 0 Å². The molecule has 19 heavy (non-hydrogen) atoms. The van der Waals surface area contributed by atoms with Crippen LogP contribution in [0.4, 0.5) is 23.2 Å². The maximum Gasteiger partial charge on any atom is 0.433 e. The largest absolute Gasteiger partial charge is 0.433 e. The van der Waals surface area contributed by atoms with Crippen molar-refractivity contribution in [2.45, 2.75) is 12.7 Å². The van der Waals surface area contributed by atoms with Crippen LogP contribution in [0.15, 0.2) is 30.3 Å². The van der Waals surface area contributed by atoms with Gasteiger partial charge in [0.1, 0.15) is 11.5 Å². The molecule has 0 spiro atoms. The van der Waals surface area contributed by atoms with Gasteiger partial charge in [0, 0.05) is 12.7 Å². The molecule has 0 aliphatic rings. The number of benzene rings is 1. The third-order valence-electron chi connectivity index (χ3n) is 2.52. The first-order valence-corrected chi connectivity index (χ1v) is 5.46. The average Bonchev–Trinajstić information content (AvgIpc) is 2.68. The number of halogens is 4. The molecule has 0 unspecified atom stereocenters. The lowest BCUT2D eigenvalue weighted by molar-refractivity contribution is -0.143. The molecule has 0 radical (unpaired) electrons. The van der Waals surface area contributed by atoms with Crippen LogP contribution in [0.25, 0.3) is 0 Å². The van der Waals surface area contributed by atoms with E-state index in [1.807, 2.05) is 0 Å². The van der Waals surface area contributed by atoms with Gasteiger partial charge >= 0.3 is 6.18 Å². The number of anilines is 1. The number of hydrogen-bond acceptors (Lipinski definition) is 2. The first-order chi connectivity index (χ1) is 8.86. The van der Waals surface area contributed by atoms with E-state index in [-0.39, 0.29) is 12.2 Å². The standard InChI is InChI=1S/C12H11F4N3/c1-19-11(12(14,15)16)6-10(18-19)7-17-9-4-2-3-8(13)5-9/h2-6,17H,7H2,1H3. The SMILES string of the molecule is Cn1nc(CNc2cccc(F)c2)cc1C(F)(F)F. The van der Waals surface area contributed by atoms with Crippen LogP contribution in [0.5, 0.6) is 0 Å². The van der Waals surface area contributed by atoms with Crippen molar-refractivity contribution in [2.24, 2.45) is 7.05 Å². The molecular weight excluding hydrogens is 262 g/mol. The summed E-state index contributed by atoms with van der Waals surface area (Å²) >= 11 is 0. The Kier molecular flexibility index (Phi) is 3.46. The van der Waals surface area contributed by atoms with Crippen molar-refractivity contribution in [3.05, 3.63) is 47.5 Å². The minimum Gasteiger partial charge on any atom is -0.379 e. The quantitative estimate of drug-likeness (QED) is 0.870. The Morgan fingerprint density at radius 2 is 2.00 bits per heavy atom. The number of nitrogens with zero attached hydrogens (tertiary/aromatic N) is 2. The predicted octanol–water partition coefficient (Wildman–Crippen LogP) is 3.19. The number of hydrogen-bond donors (Lipinski definition) is 1. The smallest absolute Gasteiger partial charge is 0.379 e. The first-order valence-electron chi connectivity index (χ1n) is 5.46. The van der Waals surface area contributed by atoms with Crippen LogP contribution in [0, 0.1) is 5.82 Å². The molecule has 7 heteroatoms. The van der Waals surface area contributed by atoms with Crippen LogP contribution in [-0.4, -0.2) is 9.78 Å². The molecule has 1 aromatic carbocycles. The van der Waals surface area contributed by atoms with Gasteiger partial charge in [-0.2, -0.15) is 18.3 Å². The Bertz CT molecular complexity index is 575. The van der Waals surface area contributed by atoms with Crippen molar-refractivity contribution in [3.8, 4) is 0 Å². The van der Waals surface area contributed by atoms with Gasteiger partial charge in [-0.25, -0.2) is 4.39 Å². The lowest BCUT2D eigenvalue weighted by atomic mass is 10.3. The van der Waals surface area contributed by atoms with Gasteiger partial charge < -0.3 is 5.32 Å². The molecule has 2 aromatic rings. The molecule has 1 N–H and O–H groups in total. The maximum absolute atomic E-state index is 12.9. The number of alkyl halides is 3. The van der Waals surface area contributed by atoms with Gasteiger partial charge in [0.2, 0.25) is 0 Å². The molecule has 0 atom stereocenters. The molecular formula is C12H11F4N3. The monoisotopic (exact) mass is 273 g/mol. The van der Waals surface area contributed by atoms with Gasteiger partial charge in [0.05, 0.1) is 12.2 Å². The van der Waals surface area contributed by atoms with Crippen molar-refractivity contribution in [2.75, 3.05) is 5.32 Å². The molecule has 0 saturated heterocycles. The fourth-order valence-corrected chi connectivity index (χ4v) is 1.67. The zero-order valence-corrected chi connectivity index (χ0v) is 10.0. The van der Waals surface area contributed by atoms with Crippen molar-refractivity contribution < 1.29 is 17.6 Å². The fraction of sp³-hybridized carbons (Fsp3) is 0.250. The molecule has 1 aromatic heterocycles. The van der Waals surface area contributed by atoms with Gasteiger partial charge in [-0.15, -0.1) is 0 Å². The van der Waals surface area contributed by atoms with Crippen LogP contribution < -0.4 is 5.32 Å². The third-order valence-corrected chi connectivity index (χ3v) is 2.52. The topological polar surface area (TPSA) is 29.9 Å². The van der Waals surface area contributed by atoms with Crippen LogP contribution in [-0.2, 0) is 19.8 Å². The number of nitrogens with one attached hydrogen (secondary N) is 1. The molecule has 2 rings (SSSR count). The lowest BCUT2D eigenvalue weighted by Gasteiger charge is -2.04. The minimum absolute atomic E-state index is 0.0906. The molecule has 3 nitrogen and oxygen atoms in total. The summed E-state index contributed by atoms with van der Waals surface area (Å²) in [7, 11) is 1.23. The molecule has 1 heterocycles. The molecule has 0 fully saturated rings. The number of aromatic nitrogens is 2. The highest BCUT2D eigenvalue weighted by atomic mass is 19.4. The van der Waals surface area contributed by atoms with E-state index in [2.05, 4.69) is 10.4 Å². The lowest BCUT2D eigenvalue weighted by Crippen LogP contribution is -2.11. The normalized spacial score (nSPS) is 11.6. The summed E-state index contributed by atoms with van der Waals surface area (Å²) in [5.74, 6) is -0.415. The Labute approximate surface area is 106 Å². The van der Waals surface area contributed by atoms with Crippen LogP contribution >= 0.6 is 0 Å². The minimum atomic E-state index is -4.43. The highest BCUT2D eigenvalue weighted by molar-refractivity contribution is 5.43. The van der Waals surface area contributed by atoms with Gasteiger partial charge in [0.15, 0.2) is 0 Å². The molecule has 0 saturated carbocycles. The van der Waals surface area contributed by atoms with Crippen LogP contribution in [0.1, 0.15) is 11.4 Å². The van der Waals surface area contributed by atoms with E-state index in [4.69, 9.17) is 0 Å². The first kappa shape index (κ1) is 13.4. The van der Waals surface area contributed by atoms with Crippen molar-refractivity contribution in [1.82, 2.24) is 9.78 Å². The molecule has 0 bridgehead atoms.